The minimum atomic E-state index is -0.0447. The van der Waals surface area contributed by atoms with Gasteiger partial charge in [0.1, 0.15) is 17.7 Å². The maximum atomic E-state index is 12.4. The fraction of sp³-hybridized carbons (Fsp3) is 0.417. The Morgan fingerprint density at radius 1 is 1.23 bits per heavy atom. The molecule has 0 aromatic carbocycles. The van der Waals surface area contributed by atoms with Crippen LogP contribution < -0.4 is 0 Å². The second-order valence-corrected chi connectivity index (χ2v) is 6.55. The molecule has 116 valence electrons. The normalized spacial score (nSPS) is 15.1. The lowest BCUT2D eigenvalue weighted by Gasteiger charge is -2.34. The number of amides is 2. The Morgan fingerprint density at radius 2 is 1.95 bits per heavy atom. The highest BCUT2D eigenvalue weighted by atomic mass is 79.9. The molecule has 3 rings (SSSR count). The summed E-state index contributed by atoms with van der Waals surface area (Å²) >= 11 is 4.80. The maximum absolute atomic E-state index is 12.4. The maximum Gasteiger partial charge on any atom is 0.265 e. The van der Waals surface area contributed by atoms with Crippen LogP contribution in [0.5, 0.6) is 0 Å². The fourth-order valence-corrected chi connectivity index (χ4v) is 3.75. The van der Waals surface area contributed by atoms with Crippen molar-refractivity contribution in [3.8, 4) is 0 Å². The molecule has 2 aromatic rings. The van der Waals surface area contributed by atoms with E-state index in [4.69, 9.17) is 0 Å². The summed E-state index contributed by atoms with van der Waals surface area (Å²) in [7, 11) is 0. The molecule has 0 spiro atoms. The summed E-state index contributed by atoms with van der Waals surface area (Å²) in [5.74, 6) is -0.0360. The van der Waals surface area contributed by atoms with E-state index in [2.05, 4.69) is 31.5 Å². The number of hydrogen-bond acceptors (Lipinski definition) is 6. The van der Waals surface area contributed by atoms with Crippen LogP contribution >= 0.6 is 27.3 Å². The third-order valence-corrected chi connectivity index (χ3v) is 5.25. The van der Waals surface area contributed by atoms with Gasteiger partial charge >= 0.3 is 0 Å². The van der Waals surface area contributed by atoms with E-state index in [0.717, 1.165) is 4.47 Å². The van der Waals surface area contributed by atoms with Gasteiger partial charge in [-0.15, -0.1) is 16.4 Å². The lowest BCUT2D eigenvalue weighted by Crippen LogP contribution is -2.51. The van der Waals surface area contributed by atoms with Crippen LogP contribution in [0.15, 0.2) is 22.2 Å². The number of piperazine rings is 1. The number of hydrogen-bond donors (Lipinski definition) is 0. The molecule has 1 aliphatic heterocycles. The average molecular weight is 385 g/mol. The zero-order valence-electron chi connectivity index (χ0n) is 11.6. The molecule has 10 heteroatoms. The van der Waals surface area contributed by atoms with Crippen molar-refractivity contribution in [3.63, 3.8) is 0 Å². The zero-order chi connectivity index (χ0) is 15.5. The summed E-state index contributed by atoms with van der Waals surface area (Å²) in [4.78, 5) is 28.7. The summed E-state index contributed by atoms with van der Waals surface area (Å²) in [5.41, 5.74) is 0. The minimum absolute atomic E-state index is 0.00875. The van der Waals surface area contributed by atoms with Crippen LogP contribution in [-0.2, 0) is 11.3 Å². The van der Waals surface area contributed by atoms with Crippen LogP contribution in [0.2, 0.25) is 0 Å². The van der Waals surface area contributed by atoms with Crippen molar-refractivity contribution in [2.45, 2.75) is 6.54 Å². The molecule has 2 amide bonds. The smallest absolute Gasteiger partial charge is 0.265 e. The van der Waals surface area contributed by atoms with Gasteiger partial charge in [-0.2, -0.15) is 0 Å². The molecular weight excluding hydrogens is 372 g/mol. The van der Waals surface area contributed by atoms with E-state index in [0.29, 0.717) is 31.1 Å². The van der Waals surface area contributed by atoms with Gasteiger partial charge in [0.05, 0.1) is 0 Å². The van der Waals surface area contributed by atoms with Crippen molar-refractivity contribution in [3.05, 3.63) is 27.1 Å². The van der Waals surface area contributed by atoms with Crippen molar-refractivity contribution < 1.29 is 9.59 Å². The Labute approximate surface area is 138 Å². The van der Waals surface area contributed by atoms with Crippen molar-refractivity contribution in [2.24, 2.45) is 0 Å². The van der Waals surface area contributed by atoms with Crippen LogP contribution in [0.4, 0.5) is 0 Å². The highest BCUT2D eigenvalue weighted by Crippen LogP contribution is 2.24. The van der Waals surface area contributed by atoms with Crippen molar-refractivity contribution in [1.29, 1.82) is 0 Å². The molecule has 22 heavy (non-hydrogen) atoms. The van der Waals surface area contributed by atoms with Gasteiger partial charge in [-0.25, -0.2) is 4.68 Å². The number of rotatable bonds is 3. The molecule has 1 fully saturated rings. The number of tetrazole rings is 1. The third-order valence-electron chi connectivity index (χ3n) is 3.42. The SMILES string of the molecule is O=C(Cn1cnnn1)N1CCN(C(=O)c2sccc2Br)CC1. The largest absolute Gasteiger partial charge is 0.338 e. The second kappa shape index (κ2) is 6.53. The predicted octanol–water partition coefficient (Wildman–Crippen LogP) is 0.482. The van der Waals surface area contributed by atoms with E-state index in [1.165, 1.54) is 22.3 Å². The van der Waals surface area contributed by atoms with Gasteiger partial charge in [0.25, 0.3) is 5.91 Å². The van der Waals surface area contributed by atoms with Crippen LogP contribution in [-0.4, -0.2) is 68.0 Å². The highest BCUT2D eigenvalue weighted by Gasteiger charge is 2.26. The summed E-state index contributed by atoms with van der Waals surface area (Å²) < 4.78 is 2.21. The van der Waals surface area contributed by atoms with Crippen molar-refractivity contribution in [2.75, 3.05) is 26.2 Å². The zero-order valence-corrected chi connectivity index (χ0v) is 14.0. The Bertz CT molecular complexity index is 665. The van der Waals surface area contributed by atoms with Gasteiger partial charge < -0.3 is 9.80 Å². The number of halogens is 1. The van der Waals surface area contributed by atoms with Gasteiger partial charge in [-0.1, -0.05) is 0 Å². The molecule has 0 radical (unpaired) electrons. The molecular formula is C12H13BrN6O2S. The Morgan fingerprint density at radius 3 is 2.55 bits per heavy atom. The molecule has 0 bridgehead atoms. The first-order valence-corrected chi connectivity index (χ1v) is 8.33. The van der Waals surface area contributed by atoms with E-state index in [1.807, 2.05) is 11.4 Å². The van der Waals surface area contributed by atoms with Gasteiger partial charge in [0, 0.05) is 30.7 Å². The average Bonchev–Trinajstić information content (AvgIpc) is 3.18. The molecule has 3 heterocycles. The molecule has 0 aliphatic carbocycles. The highest BCUT2D eigenvalue weighted by molar-refractivity contribution is 9.10. The Hall–Kier alpha value is -1.81. The number of carbonyl (C=O) groups is 2. The van der Waals surface area contributed by atoms with Gasteiger partial charge in [-0.05, 0) is 37.8 Å². The first kappa shape index (κ1) is 15.1. The summed E-state index contributed by atoms with van der Waals surface area (Å²) in [6, 6.07) is 1.86. The van der Waals surface area contributed by atoms with Gasteiger partial charge in [-0.3, -0.25) is 9.59 Å². The molecule has 1 aliphatic rings. The van der Waals surface area contributed by atoms with Crippen molar-refractivity contribution in [1.82, 2.24) is 30.0 Å². The quantitative estimate of drug-likeness (QED) is 0.768. The van der Waals surface area contributed by atoms with Crippen LogP contribution in [0, 0.1) is 0 Å². The lowest BCUT2D eigenvalue weighted by atomic mass is 10.3. The number of carbonyl (C=O) groups excluding carboxylic acids is 2. The molecule has 1 saturated heterocycles. The van der Waals surface area contributed by atoms with Gasteiger partial charge in [0.2, 0.25) is 5.91 Å². The van der Waals surface area contributed by atoms with E-state index < -0.39 is 0 Å². The van der Waals surface area contributed by atoms with Crippen LogP contribution in [0.1, 0.15) is 9.67 Å². The summed E-state index contributed by atoms with van der Waals surface area (Å²) in [6.07, 6.45) is 1.41. The molecule has 0 unspecified atom stereocenters. The fourth-order valence-electron chi connectivity index (χ4n) is 2.24. The number of nitrogens with zero attached hydrogens (tertiary/aromatic N) is 6. The van der Waals surface area contributed by atoms with Crippen LogP contribution in [0.3, 0.4) is 0 Å². The second-order valence-electron chi connectivity index (χ2n) is 4.78. The Kier molecular flexibility index (Phi) is 4.48. The van der Waals surface area contributed by atoms with E-state index in [9.17, 15) is 9.59 Å². The Balaban J connectivity index is 1.55. The summed E-state index contributed by atoms with van der Waals surface area (Å²) in [5, 5.41) is 12.6. The standard InChI is InChI=1S/C12H13BrN6O2S/c13-9-1-6-22-11(9)12(21)18-4-2-17(3-5-18)10(20)7-19-8-14-15-16-19/h1,6,8H,2-5,7H2. The first-order chi connectivity index (χ1) is 10.6. The molecule has 0 N–H and O–H groups in total. The van der Waals surface area contributed by atoms with Crippen molar-refractivity contribution >= 4 is 39.1 Å². The van der Waals surface area contributed by atoms with Crippen LogP contribution in [0.25, 0.3) is 0 Å². The van der Waals surface area contributed by atoms with E-state index in [1.54, 1.807) is 9.80 Å². The minimum Gasteiger partial charge on any atom is -0.338 e. The van der Waals surface area contributed by atoms with E-state index in [-0.39, 0.29) is 18.4 Å². The molecule has 2 aromatic heterocycles. The molecule has 0 atom stereocenters. The molecule has 8 nitrogen and oxygen atoms in total. The lowest BCUT2D eigenvalue weighted by molar-refractivity contribution is -0.133. The predicted molar refractivity (Wildman–Crippen MR) is 82.3 cm³/mol. The molecule has 0 saturated carbocycles. The first-order valence-electron chi connectivity index (χ1n) is 6.66. The topological polar surface area (TPSA) is 84.2 Å². The number of thiophene rings is 1. The van der Waals surface area contributed by atoms with Gasteiger partial charge in [0.15, 0.2) is 0 Å². The monoisotopic (exact) mass is 384 g/mol. The van der Waals surface area contributed by atoms with E-state index >= 15 is 0 Å². The summed E-state index contributed by atoms with van der Waals surface area (Å²) in [6.45, 7) is 2.23. The third kappa shape index (κ3) is 3.17. The number of aromatic nitrogens is 4.